The predicted molar refractivity (Wildman–Crippen MR) is 111 cm³/mol. The molecule has 2 aromatic carbocycles. The number of carbonyl (C=O) groups excluding carboxylic acids is 1. The number of thioether (sulfide) groups is 1. The van der Waals surface area contributed by atoms with Crippen LogP contribution in [0.3, 0.4) is 0 Å². The lowest BCUT2D eigenvalue weighted by Crippen LogP contribution is -2.24. The van der Waals surface area contributed by atoms with E-state index in [9.17, 15) is 4.79 Å². The fourth-order valence-electron chi connectivity index (χ4n) is 2.49. The van der Waals surface area contributed by atoms with Crippen LogP contribution in [0.25, 0.3) is 10.2 Å². The molecule has 26 heavy (non-hydrogen) atoms. The molecule has 0 aliphatic carbocycles. The van der Waals surface area contributed by atoms with Crippen LogP contribution < -0.4 is 10.1 Å². The Morgan fingerprint density at radius 3 is 2.69 bits per heavy atom. The first kappa shape index (κ1) is 18.7. The fourth-order valence-corrected chi connectivity index (χ4v) is 4.76. The van der Waals surface area contributed by atoms with Gasteiger partial charge in [-0.1, -0.05) is 36.4 Å². The molecule has 0 saturated carbocycles. The van der Waals surface area contributed by atoms with Gasteiger partial charge in [-0.25, -0.2) is 4.98 Å². The maximum atomic E-state index is 12.6. The average Bonchev–Trinajstić information content (AvgIpc) is 3.03. The minimum absolute atomic E-state index is 0.00983. The van der Waals surface area contributed by atoms with Crippen LogP contribution in [0.15, 0.2) is 46.8 Å². The molecule has 1 aromatic heterocycles. The molecule has 0 saturated heterocycles. The van der Waals surface area contributed by atoms with Crippen molar-refractivity contribution in [1.82, 2.24) is 4.98 Å². The largest absolute Gasteiger partial charge is 0.494 e. The van der Waals surface area contributed by atoms with Gasteiger partial charge in [0.05, 0.1) is 22.1 Å². The first-order valence-corrected chi connectivity index (χ1v) is 10.4. The first-order valence-electron chi connectivity index (χ1n) is 8.66. The molecule has 1 amide bonds. The zero-order valence-corrected chi connectivity index (χ0v) is 16.7. The van der Waals surface area contributed by atoms with Crippen LogP contribution in [0.2, 0.25) is 0 Å². The number of hydrogen-bond donors (Lipinski definition) is 1. The summed E-state index contributed by atoms with van der Waals surface area (Å²) in [5.74, 6) is 0.861. The van der Waals surface area contributed by atoms with E-state index in [1.807, 2.05) is 63.2 Å². The Bertz CT molecular complexity index is 890. The number of ether oxygens (including phenoxy) is 1. The van der Waals surface area contributed by atoms with Crippen molar-refractivity contribution in [2.45, 2.75) is 36.8 Å². The van der Waals surface area contributed by atoms with Crippen LogP contribution >= 0.6 is 23.1 Å². The number of carbonyl (C=O) groups is 1. The summed E-state index contributed by atoms with van der Waals surface area (Å²) in [4.78, 5) is 17.3. The molecule has 0 aliphatic rings. The SMILES string of the molecule is CCOc1ccc2nc(SC(CC)C(=O)Nc3ccc(C)cc3)sc2c1. The van der Waals surface area contributed by atoms with Crippen LogP contribution in [-0.4, -0.2) is 22.7 Å². The van der Waals surface area contributed by atoms with Gasteiger partial charge in [0.2, 0.25) is 5.91 Å². The number of aryl methyl sites for hydroxylation is 1. The second-order valence-corrected chi connectivity index (χ2v) is 8.39. The molecule has 1 N–H and O–H groups in total. The molecule has 0 radical (unpaired) electrons. The summed E-state index contributed by atoms with van der Waals surface area (Å²) in [5.41, 5.74) is 2.94. The summed E-state index contributed by atoms with van der Waals surface area (Å²) in [6.07, 6.45) is 0.739. The van der Waals surface area contributed by atoms with Gasteiger partial charge in [0.15, 0.2) is 4.34 Å². The van der Waals surface area contributed by atoms with E-state index in [0.29, 0.717) is 6.61 Å². The number of benzene rings is 2. The van der Waals surface area contributed by atoms with Crippen molar-refractivity contribution in [3.8, 4) is 5.75 Å². The molecule has 0 spiro atoms. The highest BCUT2D eigenvalue weighted by Gasteiger charge is 2.20. The third-order valence-corrected chi connectivity index (χ3v) is 6.35. The maximum Gasteiger partial charge on any atom is 0.237 e. The third kappa shape index (κ3) is 4.56. The highest BCUT2D eigenvalue weighted by molar-refractivity contribution is 8.02. The molecule has 6 heteroatoms. The number of nitrogens with one attached hydrogen (secondary N) is 1. The first-order chi connectivity index (χ1) is 12.6. The fraction of sp³-hybridized carbons (Fsp3) is 0.300. The molecule has 1 atom stereocenters. The molecule has 3 aromatic rings. The standard InChI is InChI=1S/C20H22N2O2S2/c1-4-17(19(23)21-14-8-6-13(3)7-9-14)25-20-22-16-11-10-15(24-5-2)12-18(16)26-20/h6-12,17H,4-5H2,1-3H3,(H,21,23). The van der Waals surface area contributed by atoms with Gasteiger partial charge in [0.25, 0.3) is 0 Å². The Labute approximate surface area is 162 Å². The monoisotopic (exact) mass is 386 g/mol. The van der Waals surface area contributed by atoms with Gasteiger partial charge in [-0.2, -0.15) is 0 Å². The van der Waals surface area contributed by atoms with Crippen molar-refractivity contribution in [3.63, 3.8) is 0 Å². The van der Waals surface area contributed by atoms with E-state index < -0.39 is 0 Å². The highest BCUT2D eigenvalue weighted by atomic mass is 32.2. The lowest BCUT2D eigenvalue weighted by Gasteiger charge is -2.13. The quantitative estimate of drug-likeness (QED) is 0.544. The van der Waals surface area contributed by atoms with E-state index in [4.69, 9.17) is 4.74 Å². The zero-order valence-electron chi connectivity index (χ0n) is 15.1. The normalized spacial score (nSPS) is 12.1. The van der Waals surface area contributed by atoms with Gasteiger partial charge in [-0.3, -0.25) is 4.79 Å². The van der Waals surface area contributed by atoms with Gasteiger partial charge in [-0.15, -0.1) is 11.3 Å². The smallest absolute Gasteiger partial charge is 0.237 e. The molecule has 1 heterocycles. The van der Waals surface area contributed by atoms with Gasteiger partial charge >= 0.3 is 0 Å². The van der Waals surface area contributed by atoms with Crippen molar-refractivity contribution in [1.29, 1.82) is 0 Å². The second-order valence-electron chi connectivity index (χ2n) is 5.91. The van der Waals surface area contributed by atoms with E-state index in [-0.39, 0.29) is 11.2 Å². The number of amides is 1. The minimum atomic E-state index is -0.178. The number of rotatable bonds is 7. The summed E-state index contributed by atoms with van der Waals surface area (Å²) in [7, 11) is 0. The Morgan fingerprint density at radius 2 is 2.00 bits per heavy atom. The Hall–Kier alpha value is -2.05. The summed E-state index contributed by atoms with van der Waals surface area (Å²) < 4.78 is 7.52. The molecule has 3 rings (SSSR count). The van der Waals surface area contributed by atoms with Crippen LogP contribution in [0.4, 0.5) is 5.69 Å². The summed E-state index contributed by atoms with van der Waals surface area (Å²) in [6, 6.07) is 13.7. The van der Waals surface area contributed by atoms with Crippen molar-refractivity contribution < 1.29 is 9.53 Å². The Kier molecular flexibility index (Phi) is 6.16. The lowest BCUT2D eigenvalue weighted by molar-refractivity contribution is -0.115. The molecule has 1 unspecified atom stereocenters. The number of thiazole rings is 1. The van der Waals surface area contributed by atoms with E-state index in [2.05, 4.69) is 10.3 Å². The summed E-state index contributed by atoms with van der Waals surface area (Å²) in [6.45, 7) is 6.66. The molecule has 4 nitrogen and oxygen atoms in total. The predicted octanol–water partition coefficient (Wildman–Crippen LogP) is 5.51. The number of fused-ring (bicyclic) bond motifs is 1. The molecule has 0 aliphatic heterocycles. The van der Waals surface area contributed by atoms with Crippen LogP contribution in [0, 0.1) is 6.92 Å². The number of anilines is 1. The molecule has 0 fully saturated rings. The van der Waals surface area contributed by atoms with Gasteiger partial charge in [0, 0.05) is 5.69 Å². The lowest BCUT2D eigenvalue weighted by atomic mass is 10.2. The average molecular weight is 387 g/mol. The maximum absolute atomic E-state index is 12.6. The van der Waals surface area contributed by atoms with Crippen molar-refractivity contribution >= 4 is 44.9 Å². The number of hydrogen-bond acceptors (Lipinski definition) is 5. The van der Waals surface area contributed by atoms with Crippen molar-refractivity contribution in [2.75, 3.05) is 11.9 Å². The molecule has 136 valence electrons. The van der Waals surface area contributed by atoms with Gasteiger partial charge < -0.3 is 10.1 Å². The van der Waals surface area contributed by atoms with Crippen molar-refractivity contribution in [3.05, 3.63) is 48.0 Å². The van der Waals surface area contributed by atoms with Gasteiger partial charge in [0.1, 0.15) is 5.75 Å². The van der Waals surface area contributed by atoms with E-state index in [0.717, 1.165) is 32.4 Å². The Morgan fingerprint density at radius 1 is 1.23 bits per heavy atom. The minimum Gasteiger partial charge on any atom is -0.494 e. The zero-order chi connectivity index (χ0) is 18.5. The topological polar surface area (TPSA) is 51.2 Å². The van der Waals surface area contributed by atoms with Crippen LogP contribution in [0.1, 0.15) is 25.8 Å². The number of aromatic nitrogens is 1. The third-order valence-electron chi connectivity index (χ3n) is 3.88. The Balaban J connectivity index is 1.71. The van der Waals surface area contributed by atoms with E-state index >= 15 is 0 Å². The number of nitrogens with zero attached hydrogens (tertiary/aromatic N) is 1. The van der Waals surface area contributed by atoms with Gasteiger partial charge in [-0.05, 0) is 50.6 Å². The molecule has 0 bridgehead atoms. The second kappa shape index (κ2) is 8.56. The van der Waals surface area contributed by atoms with Crippen LogP contribution in [-0.2, 0) is 4.79 Å². The molecular weight excluding hydrogens is 364 g/mol. The van der Waals surface area contributed by atoms with E-state index in [1.54, 1.807) is 11.3 Å². The van der Waals surface area contributed by atoms with Crippen LogP contribution in [0.5, 0.6) is 5.75 Å². The highest BCUT2D eigenvalue weighted by Crippen LogP contribution is 2.35. The van der Waals surface area contributed by atoms with Crippen molar-refractivity contribution in [2.24, 2.45) is 0 Å². The van der Waals surface area contributed by atoms with E-state index in [1.165, 1.54) is 17.3 Å². The summed E-state index contributed by atoms with van der Waals surface area (Å²) >= 11 is 3.12. The molecular formula is C20H22N2O2S2. The summed E-state index contributed by atoms with van der Waals surface area (Å²) in [5, 5.41) is 2.82.